The molecule has 26 heavy (non-hydrogen) atoms. The monoisotopic (exact) mass is 344 g/mol. The van der Waals surface area contributed by atoms with Crippen LogP contribution in [0.2, 0.25) is 0 Å². The molecular weight excluding hydrogens is 328 g/mol. The highest BCUT2D eigenvalue weighted by atomic mass is 16.5. The standard InChI is InChI=1S/C20H16N4O2/c1-11(2)26-16-8-7-12-5-3-4-6-13(12)18(16)17-14(9-21)19(23)24-20(25)15(17)10-22/h3-8,11H,1-2H3,(H3,23,24,25). The molecule has 0 bridgehead atoms. The zero-order valence-corrected chi connectivity index (χ0v) is 14.3. The van der Waals surface area contributed by atoms with E-state index < -0.39 is 5.56 Å². The van der Waals surface area contributed by atoms with Crippen LogP contribution in [0, 0.1) is 22.7 Å². The van der Waals surface area contributed by atoms with Crippen LogP contribution in [0.1, 0.15) is 25.0 Å². The van der Waals surface area contributed by atoms with E-state index in [4.69, 9.17) is 10.5 Å². The first-order valence-corrected chi connectivity index (χ1v) is 8.02. The minimum atomic E-state index is -0.637. The van der Waals surface area contributed by atoms with Gasteiger partial charge < -0.3 is 15.5 Å². The molecular formula is C20H16N4O2. The third-order valence-electron chi connectivity index (χ3n) is 3.97. The van der Waals surface area contributed by atoms with E-state index in [0.29, 0.717) is 11.3 Å². The SMILES string of the molecule is CC(C)Oc1ccc2ccccc2c1-c1c(C#N)c(N)[nH]c(=O)c1C#N. The normalized spacial score (nSPS) is 10.5. The Bertz CT molecular complexity index is 1150. The second-order valence-electron chi connectivity index (χ2n) is 6.04. The number of rotatable bonds is 3. The number of H-pyrrole nitrogens is 1. The number of nitrogens with two attached hydrogens (primary N) is 1. The lowest BCUT2D eigenvalue weighted by Gasteiger charge is -2.18. The minimum Gasteiger partial charge on any atom is -0.490 e. The molecule has 1 aromatic heterocycles. The average Bonchev–Trinajstić information content (AvgIpc) is 2.60. The number of aromatic nitrogens is 1. The smallest absolute Gasteiger partial charge is 0.268 e. The second-order valence-corrected chi connectivity index (χ2v) is 6.04. The van der Waals surface area contributed by atoms with Crippen molar-refractivity contribution in [3.63, 3.8) is 0 Å². The van der Waals surface area contributed by atoms with Gasteiger partial charge in [0.25, 0.3) is 5.56 Å². The predicted octanol–water partition coefficient (Wildman–Crippen LogP) is 3.31. The van der Waals surface area contributed by atoms with Crippen molar-refractivity contribution in [3.8, 4) is 29.0 Å². The van der Waals surface area contributed by atoms with Crippen LogP contribution in [0.25, 0.3) is 21.9 Å². The Morgan fingerprint density at radius 1 is 1.04 bits per heavy atom. The van der Waals surface area contributed by atoms with E-state index in [1.807, 2.05) is 56.3 Å². The Morgan fingerprint density at radius 3 is 2.38 bits per heavy atom. The second kappa shape index (κ2) is 6.62. The van der Waals surface area contributed by atoms with Crippen molar-refractivity contribution in [2.75, 3.05) is 5.73 Å². The first-order chi connectivity index (χ1) is 12.5. The topological polar surface area (TPSA) is 116 Å². The highest BCUT2D eigenvalue weighted by Gasteiger charge is 2.23. The molecule has 3 N–H and O–H groups in total. The highest BCUT2D eigenvalue weighted by molar-refractivity contribution is 6.02. The van der Waals surface area contributed by atoms with Gasteiger partial charge in [-0.1, -0.05) is 30.3 Å². The van der Waals surface area contributed by atoms with Crippen molar-refractivity contribution in [2.24, 2.45) is 0 Å². The lowest BCUT2D eigenvalue weighted by atomic mass is 9.91. The molecule has 0 fully saturated rings. The fraction of sp³-hybridized carbons (Fsp3) is 0.150. The quantitative estimate of drug-likeness (QED) is 0.756. The van der Waals surface area contributed by atoms with Gasteiger partial charge >= 0.3 is 0 Å². The van der Waals surface area contributed by atoms with Crippen molar-refractivity contribution < 1.29 is 4.74 Å². The van der Waals surface area contributed by atoms with Gasteiger partial charge in [0, 0.05) is 11.1 Å². The average molecular weight is 344 g/mol. The Balaban J connectivity index is 2.56. The van der Waals surface area contributed by atoms with Gasteiger partial charge in [0.15, 0.2) is 0 Å². The molecule has 0 aliphatic heterocycles. The van der Waals surface area contributed by atoms with E-state index in [1.54, 1.807) is 6.07 Å². The number of hydrogen-bond donors (Lipinski definition) is 2. The van der Waals surface area contributed by atoms with Crippen LogP contribution >= 0.6 is 0 Å². The molecule has 3 aromatic rings. The number of nitrogens with zero attached hydrogens (tertiary/aromatic N) is 2. The molecule has 0 aliphatic carbocycles. The van der Waals surface area contributed by atoms with E-state index in [0.717, 1.165) is 10.8 Å². The van der Waals surface area contributed by atoms with Crippen LogP contribution in [-0.4, -0.2) is 11.1 Å². The summed E-state index contributed by atoms with van der Waals surface area (Å²) in [4.78, 5) is 14.7. The van der Waals surface area contributed by atoms with Crippen molar-refractivity contribution in [3.05, 3.63) is 57.9 Å². The van der Waals surface area contributed by atoms with E-state index in [1.165, 1.54) is 0 Å². The van der Waals surface area contributed by atoms with E-state index in [-0.39, 0.29) is 28.6 Å². The number of nitrogen functional groups attached to an aromatic ring is 1. The first kappa shape index (κ1) is 17.1. The highest BCUT2D eigenvalue weighted by Crippen LogP contribution is 2.41. The molecule has 6 nitrogen and oxygen atoms in total. The number of benzene rings is 2. The molecule has 0 saturated carbocycles. The Hall–Kier alpha value is -3.77. The van der Waals surface area contributed by atoms with Gasteiger partial charge in [-0.3, -0.25) is 4.79 Å². The number of pyridine rings is 1. The molecule has 0 atom stereocenters. The number of ether oxygens (including phenoxy) is 1. The third-order valence-corrected chi connectivity index (χ3v) is 3.97. The summed E-state index contributed by atoms with van der Waals surface area (Å²) in [6, 6.07) is 15.1. The number of nitriles is 2. The zero-order chi connectivity index (χ0) is 18.8. The molecule has 128 valence electrons. The van der Waals surface area contributed by atoms with Crippen LogP contribution in [-0.2, 0) is 0 Å². The third kappa shape index (κ3) is 2.74. The van der Waals surface area contributed by atoms with Crippen molar-refractivity contribution >= 4 is 16.6 Å². The van der Waals surface area contributed by atoms with Crippen LogP contribution in [0.4, 0.5) is 5.82 Å². The molecule has 2 aromatic carbocycles. The zero-order valence-electron chi connectivity index (χ0n) is 14.3. The van der Waals surface area contributed by atoms with Gasteiger partial charge in [0.2, 0.25) is 0 Å². The molecule has 0 amide bonds. The lowest BCUT2D eigenvalue weighted by Crippen LogP contribution is -2.17. The minimum absolute atomic E-state index is 0.0473. The van der Waals surface area contributed by atoms with Crippen LogP contribution in [0.5, 0.6) is 5.75 Å². The molecule has 0 saturated heterocycles. The molecule has 0 aliphatic rings. The Kier molecular flexibility index (Phi) is 4.34. The predicted molar refractivity (Wildman–Crippen MR) is 99.6 cm³/mol. The van der Waals surface area contributed by atoms with Crippen molar-refractivity contribution in [2.45, 2.75) is 20.0 Å². The summed E-state index contributed by atoms with van der Waals surface area (Å²) in [5, 5.41) is 20.8. The number of anilines is 1. The Labute approximate surface area is 150 Å². The summed E-state index contributed by atoms with van der Waals surface area (Å²) < 4.78 is 5.91. The fourth-order valence-corrected chi connectivity index (χ4v) is 2.95. The largest absolute Gasteiger partial charge is 0.490 e. The summed E-state index contributed by atoms with van der Waals surface area (Å²) in [5.74, 6) is 0.409. The van der Waals surface area contributed by atoms with Gasteiger partial charge in [-0.05, 0) is 30.7 Å². The van der Waals surface area contributed by atoms with Gasteiger partial charge in [-0.2, -0.15) is 10.5 Å². The maximum absolute atomic E-state index is 12.3. The van der Waals surface area contributed by atoms with Crippen molar-refractivity contribution in [1.29, 1.82) is 10.5 Å². The Morgan fingerprint density at radius 2 is 1.73 bits per heavy atom. The number of nitrogens with one attached hydrogen (secondary N) is 1. The van der Waals surface area contributed by atoms with Crippen LogP contribution < -0.4 is 16.0 Å². The van der Waals surface area contributed by atoms with Crippen molar-refractivity contribution in [1.82, 2.24) is 4.98 Å². The maximum atomic E-state index is 12.3. The maximum Gasteiger partial charge on any atom is 0.268 e. The molecule has 0 radical (unpaired) electrons. The lowest BCUT2D eigenvalue weighted by molar-refractivity contribution is 0.244. The van der Waals surface area contributed by atoms with Gasteiger partial charge in [0.1, 0.15) is 34.8 Å². The molecule has 0 unspecified atom stereocenters. The summed E-state index contributed by atoms with van der Waals surface area (Å²) in [6.45, 7) is 3.75. The van der Waals surface area contributed by atoms with E-state index in [2.05, 4.69) is 4.98 Å². The number of aromatic amines is 1. The van der Waals surface area contributed by atoms with Gasteiger partial charge in [-0.25, -0.2) is 0 Å². The first-order valence-electron chi connectivity index (χ1n) is 8.02. The molecule has 1 heterocycles. The molecule has 6 heteroatoms. The molecule has 0 spiro atoms. The number of fused-ring (bicyclic) bond motifs is 1. The van der Waals surface area contributed by atoms with Gasteiger partial charge in [0.05, 0.1) is 6.10 Å². The summed E-state index contributed by atoms with van der Waals surface area (Å²) in [7, 11) is 0. The van der Waals surface area contributed by atoms with E-state index in [9.17, 15) is 15.3 Å². The fourth-order valence-electron chi connectivity index (χ4n) is 2.95. The molecule has 3 rings (SSSR count). The van der Waals surface area contributed by atoms with Crippen LogP contribution in [0.15, 0.2) is 41.2 Å². The van der Waals surface area contributed by atoms with Gasteiger partial charge in [-0.15, -0.1) is 0 Å². The van der Waals surface area contributed by atoms with E-state index >= 15 is 0 Å². The summed E-state index contributed by atoms with van der Waals surface area (Å²) in [6.07, 6.45) is -0.134. The van der Waals surface area contributed by atoms with Crippen LogP contribution in [0.3, 0.4) is 0 Å². The summed E-state index contributed by atoms with van der Waals surface area (Å²) in [5.41, 5.74) is 5.82. The number of hydrogen-bond acceptors (Lipinski definition) is 5. The summed E-state index contributed by atoms with van der Waals surface area (Å²) >= 11 is 0.